The summed E-state index contributed by atoms with van der Waals surface area (Å²) in [5, 5.41) is 11.7. The second-order valence-corrected chi connectivity index (χ2v) is 5.71. The maximum absolute atomic E-state index is 12.1. The third-order valence-corrected chi connectivity index (χ3v) is 4.01. The van der Waals surface area contributed by atoms with Gasteiger partial charge in [-0.1, -0.05) is 30.3 Å². The van der Waals surface area contributed by atoms with E-state index in [2.05, 4.69) is 10.2 Å². The number of aliphatic hydroxyl groups is 1. The number of aliphatic hydroxyl groups excluding tert-OH is 1. The van der Waals surface area contributed by atoms with E-state index < -0.39 is 0 Å². The van der Waals surface area contributed by atoms with Crippen LogP contribution in [0.25, 0.3) is 0 Å². The number of piperazine rings is 1. The van der Waals surface area contributed by atoms with Gasteiger partial charge in [0.2, 0.25) is 11.8 Å². The summed E-state index contributed by atoms with van der Waals surface area (Å²) in [5.74, 6) is 0.0189. The van der Waals surface area contributed by atoms with E-state index in [-0.39, 0.29) is 18.4 Å². The van der Waals surface area contributed by atoms with Crippen LogP contribution < -0.4 is 5.32 Å². The second kappa shape index (κ2) is 9.27. The number of hydrogen-bond acceptors (Lipinski definition) is 4. The first-order valence-electron chi connectivity index (χ1n) is 8.10. The van der Waals surface area contributed by atoms with Crippen LogP contribution in [0.2, 0.25) is 0 Å². The molecule has 2 N–H and O–H groups in total. The van der Waals surface area contributed by atoms with Crippen molar-refractivity contribution in [2.45, 2.75) is 12.8 Å². The molecular formula is C17H25N3O3. The molecule has 0 saturated carbocycles. The lowest BCUT2D eigenvalue weighted by atomic mass is 10.1. The maximum atomic E-state index is 12.1. The summed E-state index contributed by atoms with van der Waals surface area (Å²) in [6.45, 7) is 4.17. The van der Waals surface area contributed by atoms with Crippen LogP contribution in [0.3, 0.4) is 0 Å². The molecule has 0 radical (unpaired) electrons. The number of β-amino-alcohol motifs (C(OH)–C–C–N with tert-alkyl or cyclic N) is 1. The molecule has 6 nitrogen and oxygen atoms in total. The van der Waals surface area contributed by atoms with Gasteiger partial charge in [0.25, 0.3) is 0 Å². The molecule has 1 aromatic rings. The number of nitrogens with zero attached hydrogens (tertiary/aromatic N) is 2. The van der Waals surface area contributed by atoms with E-state index in [0.717, 1.165) is 18.7 Å². The van der Waals surface area contributed by atoms with Gasteiger partial charge >= 0.3 is 0 Å². The molecule has 126 valence electrons. The van der Waals surface area contributed by atoms with Gasteiger partial charge < -0.3 is 15.3 Å². The Hall–Kier alpha value is -1.92. The Bertz CT molecular complexity index is 499. The maximum Gasteiger partial charge on any atom is 0.224 e. The summed E-state index contributed by atoms with van der Waals surface area (Å²) in [6, 6.07) is 9.55. The highest BCUT2D eigenvalue weighted by molar-refractivity contribution is 5.80. The fourth-order valence-electron chi connectivity index (χ4n) is 2.67. The molecule has 0 bridgehead atoms. The van der Waals surface area contributed by atoms with Crippen molar-refractivity contribution in [2.24, 2.45) is 0 Å². The first-order chi connectivity index (χ1) is 11.2. The molecule has 0 aromatic heterocycles. The minimum atomic E-state index is -0.0586. The van der Waals surface area contributed by atoms with E-state index in [1.165, 1.54) is 0 Å². The Labute approximate surface area is 137 Å². The molecule has 1 heterocycles. The molecule has 1 aliphatic rings. The monoisotopic (exact) mass is 319 g/mol. The average Bonchev–Trinajstić information content (AvgIpc) is 2.56. The van der Waals surface area contributed by atoms with E-state index >= 15 is 0 Å². The van der Waals surface area contributed by atoms with Crippen LogP contribution in [0.1, 0.15) is 12.0 Å². The molecule has 0 atom stereocenters. The lowest BCUT2D eigenvalue weighted by molar-refractivity contribution is -0.133. The third kappa shape index (κ3) is 6.00. The largest absolute Gasteiger partial charge is 0.395 e. The van der Waals surface area contributed by atoms with Gasteiger partial charge in [0.15, 0.2) is 0 Å². The highest BCUT2D eigenvalue weighted by Crippen LogP contribution is 2.03. The predicted octanol–water partition coefficient (Wildman–Crippen LogP) is -0.128. The SMILES string of the molecule is O=C(Cc1ccccc1)NCCC(=O)N1CCN(CCO)CC1. The van der Waals surface area contributed by atoms with Gasteiger partial charge in [0.1, 0.15) is 0 Å². The van der Waals surface area contributed by atoms with Crippen molar-refractivity contribution in [3.63, 3.8) is 0 Å². The van der Waals surface area contributed by atoms with E-state index in [1.54, 1.807) is 0 Å². The number of rotatable bonds is 7. The number of benzene rings is 1. The molecule has 1 aromatic carbocycles. The first kappa shape index (κ1) is 17.4. The number of nitrogens with one attached hydrogen (secondary N) is 1. The highest BCUT2D eigenvalue weighted by atomic mass is 16.3. The van der Waals surface area contributed by atoms with E-state index in [9.17, 15) is 9.59 Å². The van der Waals surface area contributed by atoms with E-state index in [4.69, 9.17) is 5.11 Å². The molecule has 23 heavy (non-hydrogen) atoms. The van der Waals surface area contributed by atoms with Gasteiger partial charge in [-0.15, -0.1) is 0 Å². The van der Waals surface area contributed by atoms with Crippen LogP contribution >= 0.6 is 0 Å². The summed E-state index contributed by atoms with van der Waals surface area (Å²) in [5.41, 5.74) is 0.969. The van der Waals surface area contributed by atoms with Crippen LogP contribution in [0, 0.1) is 0 Å². The summed E-state index contributed by atoms with van der Waals surface area (Å²) in [7, 11) is 0. The smallest absolute Gasteiger partial charge is 0.224 e. The Morgan fingerprint density at radius 1 is 1.09 bits per heavy atom. The fourth-order valence-corrected chi connectivity index (χ4v) is 2.67. The first-order valence-corrected chi connectivity index (χ1v) is 8.10. The number of carbonyl (C=O) groups excluding carboxylic acids is 2. The van der Waals surface area contributed by atoms with Crippen molar-refractivity contribution >= 4 is 11.8 Å². The Kier molecular flexibility index (Phi) is 7.03. The summed E-state index contributed by atoms with van der Waals surface area (Å²) >= 11 is 0. The molecule has 0 spiro atoms. The van der Waals surface area contributed by atoms with Crippen molar-refractivity contribution in [3.05, 3.63) is 35.9 Å². The predicted molar refractivity (Wildman–Crippen MR) is 87.9 cm³/mol. The molecule has 1 fully saturated rings. The van der Waals surface area contributed by atoms with Crippen LogP contribution in [0.15, 0.2) is 30.3 Å². The van der Waals surface area contributed by atoms with Gasteiger partial charge in [-0.2, -0.15) is 0 Å². The lowest BCUT2D eigenvalue weighted by Gasteiger charge is -2.34. The number of amides is 2. The standard InChI is InChI=1S/C17H25N3O3/c21-13-12-19-8-10-20(11-9-19)17(23)6-7-18-16(22)14-15-4-2-1-3-5-15/h1-5,21H,6-14H2,(H,18,22). The van der Waals surface area contributed by atoms with Crippen molar-refractivity contribution in [1.29, 1.82) is 0 Å². The molecule has 1 saturated heterocycles. The summed E-state index contributed by atoms with van der Waals surface area (Å²) in [4.78, 5) is 27.9. The topological polar surface area (TPSA) is 72.9 Å². The van der Waals surface area contributed by atoms with Crippen molar-refractivity contribution in [1.82, 2.24) is 15.1 Å². The van der Waals surface area contributed by atoms with Gasteiger partial charge in [-0.3, -0.25) is 14.5 Å². The van der Waals surface area contributed by atoms with Crippen molar-refractivity contribution in [3.8, 4) is 0 Å². The third-order valence-electron chi connectivity index (χ3n) is 4.01. The quantitative estimate of drug-likeness (QED) is 0.734. The zero-order chi connectivity index (χ0) is 16.5. The second-order valence-electron chi connectivity index (χ2n) is 5.71. The molecule has 2 rings (SSSR count). The van der Waals surface area contributed by atoms with Crippen LogP contribution in [0.4, 0.5) is 0 Å². The Morgan fingerprint density at radius 3 is 2.43 bits per heavy atom. The number of hydrogen-bond donors (Lipinski definition) is 2. The summed E-state index contributed by atoms with van der Waals surface area (Å²) in [6.07, 6.45) is 0.676. The van der Waals surface area contributed by atoms with Gasteiger partial charge in [-0.05, 0) is 5.56 Å². The molecular weight excluding hydrogens is 294 g/mol. The molecule has 0 unspecified atom stereocenters. The van der Waals surface area contributed by atoms with Gasteiger partial charge in [-0.25, -0.2) is 0 Å². The minimum absolute atomic E-state index is 0.0586. The van der Waals surface area contributed by atoms with Crippen molar-refractivity contribution < 1.29 is 14.7 Å². The van der Waals surface area contributed by atoms with E-state index in [1.807, 2.05) is 35.2 Å². The fraction of sp³-hybridized carbons (Fsp3) is 0.529. The molecule has 2 amide bonds. The minimum Gasteiger partial charge on any atom is -0.395 e. The number of carbonyl (C=O) groups is 2. The van der Waals surface area contributed by atoms with E-state index in [0.29, 0.717) is 39.0 Å². The average molecular weight is 319 g/mol. The summed E-state index contributed by atoms with van der Waals surface area (Å²) < 4.78 is 0. The Morgan fingerprint density at radius 2 is 1.78 bits per heavy atom. The molecule has 0 aliphatic carbocycles. The molecule has 1 aliphatic heterocycles. The van der Waals surface area contributed by atoms with Gasteiger partial charge in [0, 0.05) is 45.7 Å². The van der Waals surface area contributed by atoms with Crippen LogP contribution in [-0.4, -0.2) is 72.6 Å². The normalized spacial score (nSPS) is 15.4. The van der Waals surface area contributed by atoms with Crippen LogP contribution in [-0.2, 0) is 16.0 Å². The van der Waals surface area contributed by atoms with Crippen molar-refractivity contribution in [2.75, 3.05) is 45.9 Å². The molecule has 6 heteroatoms. The zero-order valence-electron chi connectivity index (χ0n) is 13.4. The zero-order valence-corrected chi connectivity index (χ0v) is 13.4. The van der Waals surface area contributed by atoms with Gasteiger partial charge in [0.05, 0.1) is 13.0 Å². The highest BCUT2D eigenvalue weighted by Gasteiger charge is 2.20. The lowest BCUT2D eigenvalue weighted by Crippen LogP contribution is -2.49. The van der Waals surface area contributed by atoms with Crippen LogP contribution in [0.5, 0.6) is 0 Å². The Balaban J connectivity index is 1.62.